The number of hydrogen-bond donors (Lipinski definition) is 0. The van der Waals surface area contributed by atoms with E-state index in [0.717, 1.165) is 25.7 Å². The van der Waals surface area contributed by atoms with Crippen molar-refractivity contribution in [1.82, 2.24) is 9.47 Å². The van der Waals surface area contributed by atoms with Gasteiger partial charge in [-0.25, -0.2) is 4.39 Å². The Balaban J connectivity index is 1.56. The second-order valence-electron chi connectivity index (χ2n) is 10.3. The number of pyridine rings is 1. The van der Waals surface area contributed by atoms with Crippen molar-refractivity contribution in [3.8, 4) is 5.75 Å². The summed E-state index contributed by atoms with van der Waals surface area (Å²) in [7, 11) is 1.44. The van der Waals surface area contributed by atoms with E-state index < -0.39 is 17.2 Å². The number of fused-ring (bicyclic) bond motifs is 2. The summed E-state index contributed by atoms with van der Waals surface area (Å²) >= 11 is 0. The van der Waals surface area contributed by atoms with Crippen LogP contribution in [0.4, 0.5) is 10.1 Å². The van der Waals surface area contributed by atoms with Crippen LogP contribution in [0, 0.1) is 17.7 Å². The van der Waals surface area contributed by atoms with Crippen LogP contribution in [0.5, 0.6) is 5.75 Å². The number of methoxy groups -OCH3 is 1. The number of ether oxygens (including phenoxy) is 1. The van der Waals surface area contributed by atoms with Crippen LogP contribution in [0.25, 0.3) is 10.9 Å². The molecule has 3 fully saturated rings. The van der Waals surface area contributed by atoms with Gasteiger partial charge in [0.25, 0.3) is 0 Å². The molecule has 0 unspecified atom stereocenters. The van der Waals surface area contributed by atoms with Gasteiger partial charge in [0.2, 0.25) is 5.91 Å². The molecule has 1 aromatic heterocycles. The van der Waals surface area contributed by atoms with Crippen molar-refractivity contribution in [2.75, 3.05) is 31.6 Å². The number of aromatic nitrogens is 1. The number of carbonyl (C=O) groups is 4. The maximum atomic E-state index is 15.8. The Bertz CT molecular complexity index is 1340. The second kappa shape index (κ2) is 9.72. The second-order valence-corrected chi connectivity index (χ2v) is 10.3. The molecular formula is C27H30FN3O6. The number of likely N-dealkylation sites (tertiary alicyclic amines) is 1. The predicted molar refractivity (Wildman–Crippen MR) is 134 cm³/mol. The molecule has 196 valence electrons. The first-order chi connectivity index (χ1) is 17.8. The topological polar surface area (TPSA) is 106 Å². The minimum atomic E-state index is -0.970. The van der Waals surface area contributed by atoms with Crippen molar-refractivity contribution in [3.05, 3.63) is 33.9 Å². The predicted octanol–water partition coefficient (Wildman–Crippen LogP) is 2.52. The van der Waals surface area contributed by atoms with E-state index in [2.05, 4.69) is 0 Å². The third-order valence-electron chi connectivity index (χ3n) is 7.90. The number of piperidine rings is 1. The van der Waals surface area contributed by atoms with E-state index in [1.165, 1.54) is 20.1 Å². The average Bonchev–Trinajstić information content (AvgIpc) is 3.64. The van der Waals surface area contributed by atoms with Crippen LogP contribution in [-0.2, 0) is 14.4 Å². The molecule has 2 saturated heterocycles. The van der Waals surface area contributed by atoms with Gasteiger partial charge in [0.1, 0.15) is 18.3 Å². The lowest BCUT2D eigenvalue weighted by Crippen LogP contribution is -2.49. The van der Waals surface area contributed by atoms with E-state index in [9.17, 15) is 24.0 Å². The summed E-state index contributed by atoms with van der Waals surface area (Å²) in [6, 6.07) is 1.11. The van der Waals surface area contributed by atoms with Gasteiger partial charge in [-0.15, -0.1) is 0 Å². The quantitative estimate of drug-likeness (QED) is 0.305. The Kier molecular flexibility index (Phi) is 6.59. The van der Waals surface area contributed by atoms with Crippen LogP contribution in [0.2, 0.25) is 0 Å². The lowest BCUT2D eigenvalue weighted by Gasteiger charge is -2.37. The molecule has 5 rings (SSSR count). The number of amides is 1. The fourth-order valence-corrected chi connectivity index (χ4v) is 5.94. The van der Waals surface area contributed by atoms with Crippen molar-refractivity contribution in [3.63, 3.8) is 0 Å². The zero-order valence-corrected chi connectivity index (χ0v) is 20.9. The van der Waals surface area contributed by atoms with Crippen LogP contribution in [-0.4, -0.2) is 66.5 Å². The maximum Gasteiger partial charge on any atom is 0.224 e. The number of ketones is 1. The Morgan fingerprint density at radius 3 is 2.54 bits per heavy atom. The summed E-state index contributed by atoms with van der Waals surface area (Å²) in [6.45, 7) is 2.70. The van der Waals surface area contributed by atoms with Crippen molar-refractivity contribution >= 4 is 40.9 Å². The Labute approximate surface area is 213 Å². The molecule has 3 heterocycles. The summed E-state index contributed by atoms with van der Waals surface area (Å²) in [5.74, 6) is -1.89. The standard InChI is InChI=1S/C27H30FN3O6/c1-15(34)20-11-31(18-5-6-18)24-19(26(20)36)9-21(28)25(27(24)37-2)29-10-17-4-3-7-30(22(17)12-29)23(35)8-16(13-32)14-33/h9,11,13-14,16-18,22H,3-8,10,12H2,1-2H3/t17-,22+/m0/s1. The molecule has 0 bridgehead atoms. The molecule has 9 nitrogen and oxygen atoms in total. The highest BCUT2D eigenvalue weighted by Crippen LogP contribution is 2.45. The highest BCUT2D eigenvalue weighted by Gasteiger charge is 2.43. The Morgan fingerprint density at radius 2 is 1.92 bits per heavy atom. The monoisotopic (exact) mass is 511 g/mol. The van der Waals surface area contributed by atoms with Gasteiger partial charge < -0.3 is 28.7 Å². The molecule has 10 heteroatoms. The molecule has 1 saturated carbocycles. The van der Waals surface area contributed by atoms with Crippen LogP contribution in [0.3, 0.4) is 0 Å². The van der Waals surface area contributed by atoms with Gasteiger partial charge in [-0.05, 0) is 44.6 Å². The first-order valence-electron chi connectivity index (χ1n) is 12.7. The van der Waals surface area contributed by atoms with Gasteiger partial charge in [-0.2, -0.15) is 0 Å². The highest BCUT2D eigenvalue weighted by atomic mass is 19.1. The minimum absolute atomic E-state index is 0.0268. The van der Waals surface area contributed by atoms with Gasteiger partial charge in [0.15, 0.2) is 22.8 Å². The number of hydrogen-bond acceptors (Lipinski definition) is 7. The maximum absolute atomic E-state index is 15.8. The van der Waals surface area contributed by atoms with Crippen LogP contribution < -0.4 is 15.1 Å². The Hall–Kier alpha value is -3.56. The summed E-state index contributed by atoms with van der Waals surface area (Å²) in [6.07, 6.45) is 5.78. The number of rotatable bonds is 8. The van der Waals surface area contributed by atoms with Gasteiger partial charge in [0, 0.05) is 38.3 Å². The van der Waals surface area contributed by atoms with Gasteiger partial charge in [-0.1, -0.05) is 0 Å². The van der Waals surface area contributed by atoms with Crippen LogP contribution >= 0.6 is 0 Å². The van der Waals surface area contributed by atoms with E-state index in [-0.39, 0.29) is 58.5 Å². The zero-order valence-electron chi connectivity index (χ0n) is 20.9. The summed E-state index contributed by atoms with van der Waals surface area (Å²) in [4.78, 5) is 64.0. The zero-order chi connectivity index (χ0) is 26.4. The number of anilines is 1. The fourth-order valence-electron chi connectivity index (χ4n) is 5.94. The molecule has 1 aromatic carbocycles. The summed E-state index contributed by atoms with van der Waals surface area (Å²) in [5, 5.41) is 0.111. The van der Waals surface area contributed by atoms with Crippen molar-refractivity contribution in [2.24, 2.45) is 11.8 Å². The SMILES string of the molecule is COc1c(N2C[C@@H]3CCCN(C(=O)CC(C=O)C=O)[C@@H]3C2)c(F)cc2c(=O)c(C(C)=O)cn(C3CC3)c12. The third kappa shape index (κ3) is 4.32. The highest BCUT2D eigenvalue weighted by molar-refractivity contribution is 6.00. The molecular weight excluding hydrogens is 481 g/mol. The van der Waals surface area contributed by atoms with E-state index >= 15 is 4.39 Å². The molecule has 2 aliphatic heterocycles. The molecule has 0 N–H and O–H groups in total. The van der Waals surface area contributed by atoms with Crippen LogP contribution in [0.15, 0.2) is 17.1 Å². The molecule has 1 amide bonds. The largest absolute Gasteiger partial charge is 0.492 e. The molecule has 1 aliphatic carbocycles. The number of halogens is 1. The van der Waals surface area contributed by atoms with Crippen LogP contribution in [0.1, 0.15) is 55.4 Å². The summed E-state index contributed by atoms with van der Waals surface area (Å²) in [5.41, 5.74) is 0.215. The molecule has 0 spiro atoms. The Morgan fingerprint density at radius 1 is 1.19 bits per heavy atom. The van der Waals surface area contributed by atoms with Crippen molar-refractivity contribution < 1.29 is 28.3 Å². The number of aldehydes is 2. The number of nitrogens with zero attached hydrogens (tertiary/aromatic N) is 3. The normalized spacial score (nSPS) is 21.3. The van der Waals surface area contributed by atoms with Gasteiger partial charge >= 0.3 is 0 Å². The lowest BCUT2D eigenvalue weighted by molar-refractivity contribution is -0.139. The van der Waals surface area contributed by atoms with E-state index in [1.54, 1.807) is 11.1 Å². The van der Waals surface area contributed by atoms with Gasteiger partial charge in [-0.3, -0.25) is 14.4 Å². The number of benzene rings is 1. The molecule has 37 heavy (non-hydrogen) atoms. The van der Waals surface area contributed by atoms with E-state index in [1.807, 2.05) is 9.47 Å². The smallest absolute Gasteiger partial charge is 0.224 e. The molecule has 2 aromatic rings. The number of Topliss-reactive ketones (excluding diaryl/α,β-unsaturated/α-hetero) is 1. The van der Waals surface area contributed by atoms with E-state index in [4.69, 9.17) is 4.74 Å². The molecule has 2 atom stereocenters. The summed E-state index contributed by atoms with van der Waals surface area (Å²) < 4.78 is 23.4. The minimum Gasteiger partial charge on any atom is -0.492 e. The third-order valence-corrected chi connectivity index (χ3v) is 7.90. The fraction of sp³-hybridized carbons (Fsp3) is 0.519. The first-order valence-corrected chi connectivity index (χ1v) is 12.7. The first kappa shape index (κ1) is 25.1. The van der Waals surface area contributed by atoms with Gasteiger partial charge in [0.05, 0.1) is 35.5 Å². The van der Waals surface area contributed by atoms with Crippen molar-refractivity contribution in [1.29, 1.82) is 0 Å². The molecule has 3 aliphatic rings. The average molecular weight is 512 g/mol. The van der Waals surface area contributed by atoms with Crippen molar-refractivity contribution in [2.45, 2.75) is 51.1 Å². The lowest BCUT2D eigenvalue weighted by atomic mass is 9.91. The number of carbonyl (C=O) groups excluding carboxylic acids is 4. The van der Waals surface area contributed by atoms with E-state index in [0.29, 0.717) is 37.7 Å². The molecule has 0 radical (unpaired) electrons.